The van der Waals surface area contributed by atoms with Gasteiger partial charge in [-0.05, 0) is 32.6 Å². The van der Waals surface area contributed by atoms with Crippen molar-refractivity contribution in [1.29, 1.82) is 0 Å². The Morgan fingerprint density at radius 3 is 2.59 bits per heavy atom. The van der Waals surface area contributed by atoms with Crippen molar-refractivity contribution in [3.8, 4) is 0 Å². The predicted octanol–water partition coefficient (Wildman–Crippen LogP) is 2.26. The molecule has 1 aliphatic heterocycles. The van der Waals surface area contributed by atoms with Gasteiger partial charge in [-0.15, -0.1) is 0 Å². The van der Waals surface area contributed by atoms with E-state index < -0.39 is 5.79 Å². The number of esters is 1. The van der Waals surface area contributed by atoms with Crippen LogP contribution in [0.5, 0.6) is 0 Å². The molecule has 98 valence electrons. The van der Waals surface area contributed by atoms with Crippen LogP contribution in [0.3, 0.4) is 0 Å². The first kappa shape index (κ1) is 12.8. The summed E-state index contributed by atoms with van der Waals surface area (Å²) < 4.78 is 16.7. The zero-order chi connectivity index (χ0) is 12.5. The van der Waals surface area contributed by atoms with E-state index in [4.69, 9.17) is 14.2 Å². The third kappa shape index (κ3) is 2.80. The Kier molecular flexibility index (Phi) is 3.73. The number of carbonyl (C=O) groups excluding carboxylic acids is 1. The summed E-state index contributed by atoms with van der Waals surface area (Å²) in [6, 6.07) is 0. The van der Waals surface area contributed by atoms with Gasteiger partial charge < -0.3 is 14.2 Å². The van der Waals surface area contributed by atoms with Crippen LogP contribution in [0.25, 0.3) is 0 Å². The summed E-state index contributed by atoms with van der Waals surface area (Å²) >= 11 is 0. The van der Waals surface area contributed by atoms with E-state index in [1.165, 1.54) is 7.11 Å². The Morgan fingerprint density at radius 2 is 2.00 bits per heavy atom. The second-order valence-corrected chi connectivity index (χ2v) is 5.30. The molecule has 0 radical (unpaired) electrons. The molecule has 4 nitrogen and oxygen atoms in total. The molecule has 2 rings (SSSR count). The van der Waals surface area contributed by atoms with Crippen LogP contribution >= 0.6 is 0 Å². The van der Waals surface area contributed by atoms with Crippen molar-refractivity contribution in [3.63, 3.8) is 0 Å². The topological polar surface area (TPSA) is 44.8 Å². The zero-order valence-corrected chi connectivity index (χ0v) is 10.9. The third-order valence-electron chi connectivity index (χ3n) is 3.92. The van der Waals surface area contributed by atoms with E-state index >= 15 is 0 Å². The van der Waals surface area contributed by atoms with E-state index in [2.05, 4.69) is 0 Å². The molecule has 0 bridgehead atoms. The SMILES string of the molecule is COC(=O)C[C@H]1CCCC2(C1)O[C@H](C)[C@@H](C)O2. The third-order valence-corrected chi connectivity index (χ3v) is 3.92. The molecule has 4 heteroatoms. The lowest BCUT2D eigenvalue weighted by molar-refractivity contribution is -0.202. The highest BCUT2D eigenvalue weighted by Gasteiger charge is 2.47. The first-order valence-electron chi connectivity index (χ1n) is 6.47. The quantitative estimate of drug-likeness (QED) is 0.697. The van der Waals surface area contributed by atoms with Crippen molar-refractivity contribution in [3.05, 3.63) is 0 Å². The highest BCUT2D eigenvalue weighted by atomic mass is 16.8. The van der Waals surface area contributed by atoms with Crippen molar-refractivity contribution in [2.24, 2.45) is 5.92 Å². The molecule has 1 saturated carbocycles. The van der Waals surface area contributed by atoms with E-state index in [-0.39, 0.29) is 18.2 Å². The van der Waals surface area contributed by atoms with Crippen LogP contribution in [0, 0.1) is 5.92 Å². The fourth-order valence-electron chi connectivity index (χ4n) is 2.91. The summed E-state index contributed by atoms with van der Waals surface area (Å²) in [5.41, 5.74) is 0. The molecule has 17 heavy (non-hydrogen) atoms. The monoisotopic (exact) mass is 242 g/mol. The van der Waals surface area contributed by atoms with Gasteiger partial charge in [0.2, 0.25) is 0 Å². The fraction of sp³-hybridized carbons (Fsp3) is 0.923. The molecule has 0 N–H and O–H groups in total. The van der Waals surface area contributed by atoms with Gasteiger partial charge in [0, 0.05) is 19.3 Å². The van der Waals surface area contributed by atoms with Gasteiger partial charge in [0.1, 0.15) is 0 Å². The van der Waals surface area contributed by atoms with E-state index in [0.717, 1.165) is 25.7 Å². The molecule has 0 aromatic rings. The summed E-state index contributed by atoms with van der Waals surface area (Å²) in [7, 11) is 1.44. The van der Waals surface area contributed by atoms with Crippen LogP contribution in [0.1, 0.15) is 46.0 Å². The van der Waals surface area contributed by atoms with Gasteiger partial charge in [-0.3, -0.25) is 4.79 Å². The lowest BCUT2D eigenvalue weighted by Crippen LogP contribution is -2.37. The average Bonchev–Trinajstić information content (AvgIpc) is 2.53. The molecule has 0 aromatic carbocycles. The molecule has 0 unspecified atom stereocenters. The van der Waals surface area contributed by atoms with Crippen LogP contribution in [-0.4, -0.2) is 31.1 Å². The zero-order valence-electron chi connectivity index (χ0n) is 10.9. The highest BCUT2D eigenvalue weighted by Crippen LogP contribution is 2.43. The van der Waals surface area contributed by atoms with Gasteiger partial charge in [-0.1, -0.05) is 0 Å². The van der Waals surface area contributed by atoms with Crippen LogP contribution in [0.15, 0.2) is 0 Å². The number of rotatable bonds is 2. The minimum atomic E-state index is -0.435. The van der Waals surface area contributed by atoms with E-state index in [1.54, 1.807) is 0 Å². The Labute approximate surface area is 103 Å². The van der Waals surface area contributed by atoms with Gasteiger partial charge in [-0.25, -0.2) is 0 Å². The molecule has 1 spiro atoms. The fourth-order valence-corrected chi connectivity index (χ4v) is 2.91. The Bertz CT molecular complexity index is 279. The first-order valence-corrected chi connectivity index (χ1v) is 6.47. The molecule has 1 aliphatic carbocycles. The molecule has 1 heterocycles. The summed E-state index contributed by atoms with van der Waals surface area (Å²) in [6.07, 6.45) is 4.65. The van der Waals surface area contributed by atoms with Crippen molar-refractivity contribution >= 4 is 5.97 Å². The van der Waals surface area contributed by atoms with Crippen molar-refractivity contribution in [1.82, 2.24) is 0 Å². The van der Waals surface area contributed by atoms with Gasteiger partial charge in [0.15, 0.2) is 5.79 Å². The normalized spacial score (nSPS) is 36.1. The maximum Gasteiger partial charge on any atom is 0.305 e. The van der Waals surface area contributed by atoms with Gasteiger partial charge in [0.05, 0.1) is 19.3 Å². The Hall–Kier alpha value is -0.610. The minimum Gasteiger partial charge on any atom is -0.469 e. The summed E-state index contributed by atoms with van der Waals surface area (Å²) in [5, 5.41) is 0. The Balaban J connectivity index is 1.95. The number of hydrogen-bond acceptors (Lipinski definition) is 4. The van der Waals surface area contributed by atoms with E-state index in [1.807, 2.05) is 13.8 Å². The maximum absolute atomic E-state index is 11.3. The number of methoxy groups -OCH3 is 1. The van der Waals surface area contributed by atoms with E-state index in [0.29, 0.717) is 12.3 Å². The smallest absolute Gasteiger partial charge is 0.305 e. The lowest BCUT2D eigenvalue weighted by Gasteiger charge is -2.36. The number of hydrogen-bond donors (Lipinski definition) is 0. The second kappa shape index (κ2) is 4.94. The number of carbonyl (C=O) groups is 1. The number of ether oxygens (including phenoxy) is 3. The molecular formula is C13H22O4. The van der Waals surface area contributed by atoms with Crippen molar-refractivity contribution in [2.45, 2.75) is 63.9 Å². The molecule has 2 fully saturated rings. The molecule has 1 saturated heterocycles. The minimum absolute atomic E-state index is 0.133. The van der Waals surface area contributed by atoms with Crippen molar-refractivity contribution < 1.29 is 19.0 Å². The summed E-state index contributed by atoms with van der Waals surface area (Å²) in [5.74, 6) is -0.240. The van der Waals surface area contributed by atoms with Crippen LogP contribution in [0.2, 0.25) is 0 Å². The van der Waals surface area contributed by atoms with Crippen LogP contribution in [0.4, 0.5) is 0 Å². The summed E-state index contributed by atoms with van der Waals surface area (Å²) in [4.78, 5) is 11.3. The molecule has 0 aromatic heterocycles. The van der Waals surface area contributed by atoms with Crippen molar-refractivity contribution in [2.75, 3.05) is 7.11 Å². The second-order valence-electron chi connectivity index (χ2n) is 5.30. The summed E-state index contributed by atoms with van der Waals surface area (Å²) in [6.45, 7) is 4.09. The molecular weight excluding hydrogens is 220 g/mol. The molecule has 2 aliphatic rings. The lowest BCUT2D eigenvalue weighted by atomic mass is 9.83. The van der Waals surface area contributed by atoms with Crippen LogP contribution < -0.4 is 0 Å². The standard InChI is InChI=1S/C13H22O4/c1-9-10(2)17-13(16-9)6-4-5-11(8-13)7-12(14)15-3/h9-11H,4-8H2,1-3H3/t9-,10-,11-/m1/s1. The molecule has 0 amide bonds. The highest BCUT2D eigenvalue weighted by molar-refractivity contribution is 5.69. The average molecular weight is 242 g/mol. The van der Waals surface area contributed by atoms with Gasteiger partial charge >= 0.3 is 5.97 Å². The maximum atomic E-state index is 11.3. The Morgan fingerprint density at radius 1 is 1.35 bits per heavy atom. The van der Waals surface area contributed by atoms with Gasteiger partial charge in [0.25, 0.3) is 0 Å². The largest absolute Gasteiger partial charge is 0.469 e. The van der Waals surface area contributed by atoms with Crippen LogP contribution in [-0.2, 0) is 19.0 Å². The van der Waals surface area contributed by atoms with Gasteiger partial charge in [-0.2, -0.15) is 0 Å². The predicted molar refractivity (Wildman–Crippen MR) is 62.4 cm³/mol. The molecule has 3 atom stereocenters. The first-order chi connectivity index (χ1) is 8.04. The van der Waals surface area contributed by atoms with E-state index in [9.17, 15) is 4.79 Å².